The maximum Gasteiger partial charge on any atom is 0.0466 e. The van der Waals surface area contributed by atoms with Crippen LogP contribution in [0.3, 0.4) is 0 Å². The zero-order valence-corrected chi connectivity index (χ0v) is 10.6. The summed E-state index contributed by atoms with van der Waals surface area (Å²) in [7, 11) is 2.03. The molecule has 0 aliphatic rings. The standard InChI is InChI=1S/C14H23NO/c1-4-16-11-7-10-14(15-3)13-9-6-5-8-12(13)2/h5-6,8-9,14-15H,4,7,10-11H2,1-3H3. The van der Waals surface area contributed by atoms with Crippen LogP contribution in [-0.2, 0) is 4.74 Å². The maximum absolute atomic E-state index is 5.37. The van der Waals surface area contributed by atoms with Gasteiger partial charge in [-0.25, -0.2) is 0 Å². The van der Waals surface area contributed by atoms with Crippen molar-refractivity contribution in [3.63, 3.8) is 0 Å². The molecule has 0 bridgehead atoms. The first-order valence-electron chi connectivity index (χ1n) is 6.10. The third kappa shape index (κ3) is 3.95. The summed E-state index contributed by atoms with van der Waals surface area (Å²) in [6, 6.07) is 9.02. The first kappa shape index (κ1) is 13.2. The number of hydrogen-bond acceptors (Lipinski definition) is 2. The quantitative estimate of drug-likeness (QED) is 0.714. The Morgan fingerprint density at radius 1 is 1.31 bits per heavy atom. The fraction of sp³-hybridized carbons (Fsp3) is 0.571. The van der Waals surface area contributed by atoms with Gasteiger partial charge in [-0.05, 0) is 44.9 Å². The Balaban J connectivity index is 2.51. The van der Waals surface area contributed by atoms with Crippen molar-refractivity contribution in [2.24, 2.45) is 0 Å². The molecule has 90 valence electrons. The van der Waals surface area contributed by atoms with E-state index in [1.807, 2.05) is 14.0 Å². The number of nitrogens with one attached hydrogen (secondary N) is 1. The van der Waals surface area contributed by atoms with Crippen LogP contribution < -0.4 is 5.32 Å². The molecule has 0 spiro atoms. The number of benzene rings is 1. The highest BCUT2D eigenvalue weighted by atomic mass is 16.5. The molecule has 0 aromatic heterocycles. The van der Waals surface area contributed by atoms with Gasteiger partial charge in [-0.15, -0.1) is 0 Å². The molecule has 0 amide bonds. The van der Waals surface area contributed by atoms with Crippen LogP contribution in [0.25, 0.3) is 0 Å². The van der Waals surface area contributed by atoms with E-state index in [0.29, 0.717) is 6.04 Å². The Morgan fingerprint density at radius 3 is 2.69 bits per heavy atom. The SMILES string of the molecule is CCOCCCC(NC)c1ccccc1C. The molecule has 1 unspecified atom stereocenters. The molecule has 2 nitrogen and oxygen atoms in total. The predicted molar refractivity (Wildman–Crippen MR) is 68.7 cm³/mol. The predicted octanol–water partition coefficient (Wildman–Crippen LogP) is 3.07. The Morgan fingerprint density at radius 2 is 2.06 bits per heavy atom. The summed E-state index contributed by atoms with van der Waals surface area (Å²) < 4.78 is 5.37. The molecule has 0 saturated carbocycles. The van der Waals surface area contributed by atoms with E-state index in [1.165, 1.54) is 11.1 Å². The molecule has 0 radical (unpaired) electrons. The van der Waals surface area contributed by atoms with E-state index in [9.17, 15) is 0 Å². The Kier molecular flexibility index (Phi) is 6.12. The molecule has 0 aliphatic carbocycles. The molecule has 1 atom stereocenters. The van der Waals surface area contributed by atoms with E-state index in [4.69, 9.17) is 4.74 Å². The minimum absolute atomic E-state index is 0.446. The summed E-state index contributed by atoms with van der Waals surface area (Å²) in [4.78, 5) is 0. The third-order valence-electron chi connectivity index (χ3n) is 2.90. The highest BCUT2D eigenvalue weighted by Gasteiger charge is 2.10. The normalized spacial score (nSPS) is 12.7. The highest BCUT2D eigenvalue weighted by molar-refractivity contribution is 5.28. The van der Waals surface area contributed by atoms with Crippen molar-refractivity contribution in [2.45, 2.75) is 32.7 Å². The fourth-order valence-electron chi connectivity index (χ4n) is 1.97. The molecule has 0 saturated heterocycles. The molecule has 1 rings (SSSR count). The molecule has 0 aliphatic heterocycles. The Labute approximate surface area is 99.0 Å². The van der Waals surface area contributed by atoms with Gasteiger partial charge in [0.2, 0.25) is 0 Å². The summed E-state index contributed by atoms with van der Waals surface area (Å²) >= 11 is 0. The number of hydrogen-bond donors (Lipinski definition) is 1. The summed E-state index contributed by atoms with van der Waals surface area (Å²) in [5.41, 5.74) is 2.76. The van der Waals surface area contributed by atoms with Crippen molar-refractivity contribution >= 4 is 0 Å². The second-order valence-electron chi connectivity index (χ2n) is 4.04. The lowest BCUT2D eigenvalue weighted by atomic mass is 9.98. The van der Waals surface area contributed by atoms with Crippen LogP contribution in [0.5, 0.6) is 0 Å². The van der Waals surface area contributed by atoms with E-state index in [0.717, 1.165) is 26.1 Å². The highest BCUT2D eigenvalue weighted by Crippen LogP contribution is 2.21. The zero-order chi connectivity index (χ0) is 11.8. The second kappa shape index (κ2) is 7.42. The lowest BCUT2D eigenvalue weighted by molar-refractivity contribution is 0.141. The van der Waals surface area contributed by atoms with E-state index in [-0.39, 0.29) is 0 Å². The van der Waals surface area contributed by atoms with E-state index >= 15 is 0 Å². The van der Waals surface area contributed by atoms with Crippen molar-refractivity contribution in [3.05, 3.63) is 35.4 Å². The van der Waals surface area contributed by atoms with Crippen molar-refractivity contribution in [1.82, 2.24) is 5.32 Å². The van der Waals surface area contributed by atoms with Crippen molar-refractivity contribution < 1.29 is 4.74 Å². The molecule has 2 heteroatoms. The number of ether oxygens (including phenoxy) is 1. The zero-order valence-electron chi connectivity index (χ0n) is 10.6. The minimum Gasteiger partial charge on any atom is -0.382 e. The van der Waals surface area contributed by atoms with Gasteiger partial charge >= 0.3 is 0 Å². The van der Waals surface area contributed by atoms with E-state index in [2.05, 4.69) is 36.5 Å². The lowest BCUT2D eigenvalue weighted by Crippen LogP contribution is -2.18. The van der Waals surface area contributed by atoms with Crippen molar-refractivity contribution in [3.8, 4) is 0 Å². The topological polar surface area (TPSA) is 21.3 Å². The second-order valence-corrected chi connectivity index (χ2v) is 4.04. The van der Waals surface area contributed by atoms with Crippen molar-refractivity contribution in [1.29, 1.82) is 0 Å². The van der Waals surface area contributed by atoms with E-state index in [1.54, 1.807) is 0 Å². The van der Waals surface area contributed by atoms with Crippen LogP contribution in [0, 0.1) is 6.92 Å². The third-order valence-corrected chi connectivity index (χ3v) is 2.90. The minimum atomic E-state index is 0.446. The van der Waals surface area contributed by atoms with Gasteiger partial charge in [0.1, 0.15) is 0 Å². The average Bonchev–Trinajstić information content (AvgIpc) is 2.31. The first-order valence-corrected chi connectivity index (χ1v) is 6.10. The molecule has 1 N–H and O–H groups in total. The molecule has 0 fully saturated rings. The van der Waals surface area contributed by atoms with Gasteiger partial charge in [0.25, 0.3) is 0 Å². The van der Waals surface area contributed by atoms with Gasteiger partial charge in [0.05, 0.1) is 0 Å². The summed E-state index contributed by atoms with van der Waals surface area (Å²) in [5, 5.41) is 3.38. The summed E-state index contributed by atoms with van der Waals surface area (Å²) in [6.45, 7) is 5.88. The molecular formula is C14H23NO. The molecule has 1 aromatic rings. The number of aryl methyl sites for hydroxylation is 1. The van der Waals surface area contributed by atoms with Gasteiger partial charge < -0.3 is 10.1 Å². The lowest BCUT2D eigenvalue weighted by Gasteiger charge is -2.18. The van der Waals surface area contributed by atoms with Crippen LogP contribution in [-0.4, -0.2) is 20.3 Å². The molecule has 16 heavy (non-hydrogen) atoms. The van der Waals surface area contributed by atoms with Gasteiger partial charge in [-0.1, -0.05) is 24.3 Å². The van der Waals surface area contributed by atoms with Gasteiger partial charge in [0.15, 0.2) is 0 Å². The molecule has 0 heterocycles. The average molecular weight is 221 g/mol. The van der Waals surface area contributed by atoms with Crippen molar-refractivity contribution in [2.75, 3.05) is 20.3 Å². The van der Waals surface area contributed by atoms with Crippen LogP contribution in [0.2, 0.25) is 0 Å². The van der Waals surface area contributed by atoms with Gasteiger partial charge in [-0.3, -0.25) is 0 Å². The smallest absolute Gasteiger partial charge is 0.0466 e. The van der Waals surface area contributed by atoms with Crippen LogP contribution in [0.15, 0.2) is 24.3 Å². The summed E-state index contributed by atoms with van der Waals surface area (Å²) in [6.07, 6.45) is 2.23. The van der Waals surface area contributed by atoms with Gasteiger partial charge in [-0.2, -0.15) is 0 Å². The fourth-order valence-corrected chi connectivity index (χ4v) is 1.97. The van der Waals surface area contributed by atoms with Crippen LogP contribution in [0.1, 0.15) is 36.9 Å². The monoisotopic (exact) mass is 221 g/mol. The number of rotatable bonds is 7. The maximum atomic E-state index is 5.37. The van der Waals surface area contributed by atoms with Crippen LogP contribution in [0.4, 0.5) is 0 Å². The Bertz CT molecular complexity index is 299. The Hall–Kier alpha value is -0.860. The van der Waals surface area contributed by atoms with Gasteiger partial charge in [0, 0.05) is 19.3 Å². The first-order chi connectivity index (χ1) is 7.79. The molecular weight excluding hydrogens is 198 g/mol. The molecule has 1 aromatic carbocycles. The van der Waals surface area contributed by atoms with E-state index < -0.39 is 0 Å². The summed E-state index contributed by atoms with van der Waals surface area (Å²) in [5.74, 6) is 0. The largest absolute Gasteiger partial charge is 0.382 e. The van der Waals surface area contributed by atoms with Crippen LogP contribution >= 0.6 is 0 Å².